The highest BCUT2D eigenvalue weighted by atomic mass is 35.5. The van der Waals surface area contributed by atoms with Gasteiger partial charge in [-0.3, -0.25) is 9.69 Å². The van der Waals surface area contributed by atoms with Crippen LogP contribution < -0.4 is 0 Å². The van der Waals surface area contributed by atoms with Crippen molar-refractivity contribution in [1.29, 1.82) is 0 Å². The zero-order chi connectivity index (χ0) is 13.1. The maximum atomic E-state index is 12.3. The Hall–Kier alpha value is 0.210. The Morgan fingerprint density at radius 3 is 2.39 bits per heavy atom. The molecular weight excluding hydrogens is 269 g/mol. The molecule has 0 N–H and O–H groups in total. The topological polar surface area (TPSA) is 20.3 Å². The minimum atomic E-state index is -0.0317. The molecule has 2 rings (SSSR count). The average molecular weight is 292 g/mol. The summed E-state index contributed by atoms with van der Waals surface area (Å²) in [7, 11) is 0. The van der Waals surface area contributed by atoms with E-state index in [4.69, 9.17) is 23.2 Å². The fourth-order valence-corrected chi connectivity index (χ4v) is 3.51. The molecule has 1 heterocycles. The molecule has 1 aliphatic heterocycles. The third-order valence-electron chi connectivity index (χ3n) is 4.40. The van der Waals surface area contributed by atoms with Crippen LogP contribution in [0.2, 0.25) is 0 Å². The standard InChI is InChI=1S/C14H23Cl2NO/c1-10-4-6-17(7-5-10)9-14(18)11-2-3-12(15)13(16)8-11/h10-13H,2-9H2,1H3. The lowest BCUT2D eigenvalue weighted by Crippen LogP contribution is -2.40. The van der Waals surface area contributed by atoms with Crippen LogP contribution in [-0.2, 0) is 4.79 Å². The monoisotopic (exact) mass is 291 g/mol. The Balaban J connectivity index is 1.78. The molecule has 3 unspecified atom stereocenters. The number of carbonyl (C=O) groups excluding carboxylic acids is 1. The fraction of sp³-hybridized carbons (Fsp3) is 0.929. The molecule has 1 saturated carbocycles. The Bertz CT molecular complexity index is 290. The number of nitrogens with zero attached hydrogens (tertiary/aromatic N) is 1. The number of carbonyl (C=O) groups is 1. The van der Waals surface area contributed by atoms with Crippen molar-refractivity contribution in [2.75, 3.05) is 19.6 Å². The van der Waals surface area contributed by atoms with E-state index in [1.807, 2.05) is 0 Å². The second-order valence-electron chi connectivity index (χ2n) is 5.97. The molecule has 104 valence electrons. The Kier molecular flexibility index (Phi) is 5.35. The van der Waals surface area contributed by atoms with Gasteiger partial charge in [-0.15, -0.1) is 23.2 Å². The van der Waals surface area contributed by atoms with Gasteiger partial charge < -0.3 is 0 Å². The summed E-state index contributed by atoms with van der Waals surface area (Å²) in [6.45, 7) is 5.05. The molecule has 4 heteroatoms. The van der Waals surface area contributed by atoms with E-state index >= 15 is 0 Å². The first-order valence-corrected chi connectivity index (χ1v) is 7.96. The average Bonchev–Trinajstić information content (AvgIpc) is 2.35. The van der Waals surface area contributed by atoms with Crippen LogP contribution in [0.15, 0.2) is 0 Å². The largest absolute Gasteiger partial charge is 0.298 e. The van der Waals surface area contributed by atoms with Crippen LogP contribution in [-0.4, -0.2) is 41.1 Å². The lowest BCUT2D eigenvalue weighted by atomic mass is 9.85. The van der Waals surface area contributed by atoms with Gasteiger partial charge >= 0.3 is 0 Å². The summed E-state index contributed by atoms with van der Waals surface area (Å²) >= 11 is 12.3. The number of piperidine rings is 1. The molecule has 18 heavy (non-hydrogen) atoms. The molecule has 2 nitrogen and oxygen atoms in total. The third kappa shape index (κ3) is 3.85. The summed E-state index contributed by atoms with van der Waals surface area (Å²) in [6.07, 6.45) is 5.00. The van der Waals surface area contributed by atoms with Crippen molar-refractivity contribution in [3.8, 4) is 0 Å². The van der Waals surface area contributed by atoms with Crippen LogP contribution in [0.5, 0.6) is 0 Å². The number of alkyl halides is 2. The van der Waals surface area contributed by atoms with Crippen molar-refractivity contribution < 1.29 is 4.79 Å². The Morgan fingerprint density at radius 2 is 1.78 bits per heavy atom. The highest BCUT2D eigenvalue weighted by Gasteiger charge is 2.32. The van der Waals surface area contributed by atoms with Crippen molar-refractivity contribution in [2.45, 2.75) is 49.8 Å². The van der Waals surface area contributed by atoms with Crippen molar-refractivity contribution in [3.05, 3.63) is 0 Å². The van der Waals surface area contributed by atoms with E-state index in [2.05, 4.69) is 11.8 Å². The normalized spacial score (nSPS) is 35.6. The second kappa shape index (κ2) is 6.58. The zero-order valence-electron chi connectivity index (χ0n) is 11.1. The van der Waals surface area contributed by atoms with Crippen LogP contribution in [0.1, 0.15) is 39.0 Å². The van der Waals surface area contributed by atoms with E-state index in [9.17, 15) is 4.79 Å². The van der Waals surface area contributed by atoms with E-state index in [0.29, 0.717) is 12.3 Å². The molecule has 0 amide bonds. The quantitative estimate of drug-likeness (QED) is 0.744. The lowest BCUT2D eigenvalue weighted by Gasteiger charge is -2.33. The highest BCUT2D eigenvalue weighted by Crippen LogP contribution is 2.32. The number of likely N-dealkylation sites (tertiary alicyclic amines) is 1. The first-order chi connectivity index (χ1) is 8.56. The summed E-state index contributed by atoms with van der Waals surface area (Å²) in [4.78, 5) is 14.6. The summed E-state index contributed by atoms with van der Waals surface area (Å²) < 4.78 is 0. The van der Waals surface area contributed by atoms with E-state index in [-0.39, 0.29) is 16.7 Å². The second-order valence-corrected chi connectivity index (χ2v) is 7.09. The van der Waals surface area contributed by atoms with E-state index in [1.165, 1.54) is 12.8 Å². The van der Waals surface area contributed by atoms with Crippen LogP contribution in [0.4, 0.5) is 0 Å². The first-order valence-electron chi connectivity index (χ1n) is 7.09. The molecule has 0 aromatic carbocycles. The van der Waals surface area contributed by atoms with Crippen molar-refractivity contribution in [2.24, 2.45) is 11.8 Å². The van der Waals surface area contributed by atoms with Crippen LogP contribution >= 0.6 is 23.2 Å². The molecule has 0 spiro atoms. The molecule has 2 fully saturated rings. The van der Waals surface area contributed by atoms with Crippen molar-refractivity contribution in [3.63, 3.8) is 0 Å². The molecule has 3 atom stereocenters. The Morgan fingerprint density at radius 1 is 1.11 bits per heavy atom. The van der Waals surface area contributed by atoms with Gasteiger partial charge in [0.1, 0.15) is 5.78 Å². The van der Waals surface area contributed by atoms with Crippen LogP contribution in [0.25, 0.3) is 0 Å². The zero-order valence-corrected chi connectivity index (χ0v) is 12.6. The van der Waals surface area contributed by atoms with E-state index in [0.717, 1.165) is 38.3 Å². The number of hydrogen-bond acceptors (Lipinski definition) is 2. The fourth-order valence-electron chi connectivity index (χ4n) is 2.94. The summed E-state index contributed by atoms with van der Waals surface area (Å²) in [5.74, 6) is 1.33. The molecule has 1 aliphatic carbocycles. The summed E-state index contributed by atoms with van der Waals surface area (Å²) in [5.41, 5.74) is 0. The first kappa shape index (κ1) is 14.6. The van der Waals surface area contributed by atoms with Gasteiger partial charge in [0, 0.05) is 11.3 Å². The smallest absolute Gasteiger partial charge is 0.149 e. The SMILES string of the molecule is CC1CCN(CC(=O)C2CCC(Cl)C(Cl)C2)CC1. The molecule has 0 bridgehead atoms. The number of ketones is 1. The van der Waals surface area contributed by atoms with Gasteiger partial charge in [0.15, 0.2) is 0 Å². The molecule has 2 aliphatic rings. The van der Waals surface area contributed by atoms with Crippen LogP contribution in [0, 0.1) is 11.8 Å². The number of rotatable bonds is 3. The van der Waals surface area contributed by atoms with Gasteiger partial charge in [0.05, 0.1) is 11.9 Å². The van der Waals surface area contributed by atoms with E-state index < -0.39 is 0 Å². The molecule has 1 saturated heterocycles. The van der Waals surface area contributed by atoms with Gasteiger partial charge in [0.25, 0.3) is 0 Å². The minimum absolute atomic E-state index is 0.0317. The van der Waals surface area contributed by atoms with Crippen molar-refractivity contribution in [1.82, 2.24) is 4.90 Å². The van der Waals surface area contributed by atoms with Gasteiger partial charge in [0.2, 0.25) is 0 Å². The molecular formula is C14H23Cl2NO. The van der Waals surface area contributed by atoms with Gasteiger partial charge in [-0.25, -0.2) is 0 Å². The van der Waals surface area contributed by atoms with Gasteiger partial charge in [-0.1, -0.05) is 6.92 Å². The molecule has 0 aromatic rings. The van der Waals surface area contributed by atoms with E-state index in [1.54, 1.807) is 0 Å². The third-order valence-corrected chi connectivity index (χ3v) is 5.54. The number of Topliss-reactive ketones (excluding diaryl/α,β-unsaturated/α-hetero) is 1. The molecule has 0 aromatic heterocycles. The maximum absolute atomic E-state index is 12.3. The minimum Gasteiger partial charge on any atom is -0.298 e. The number of hydrogen-bond donors (Lipinski definition) is 0. The predicted octanol–water partition coefficient (Wildman–Crippen LogP) is 3.30. The van der Waals surface area contributed by atoms with Gasteiger partial charge in [-0.2, -0.15) is 0 Å². The molecule has 0 radical (unpaired) electrons. The van der Waals surface area contributed by atoms with Crippen LogP contribution in [0.3, 0.4) is 0 Å². The lowest BCUT2D eigenvalue weighted by molar-refractivity contribution is -0.125. The van der Waals surface area contributed by atoms with Crippen molar-refractivity contribution >= 4 is 29.0 Å². The summed E-state index contributed by atoms with van der Waals surface area (Å²) in [6, 6.07) is 0. The predicted molar refractivity (Wildman–Crippen MR) is 76.5 cm³/mol. The number of halogens is 2. The summed E-state index contributed by atoms with van der Waals surface area (Å²) in [5, 5.41) is 0.0160. The van der Waals surface area contributed by atoms with Gasteiger partial charge in [-0.05, 0) is 51.1 Å². The maximum Gasteiger partial charge on any atom is 0.149 e. The highest BCUT2D eigenvalue weighted by molar-refractivity contribution is 6.30. The Labute approximate surface area is 120 Å².